The zero-order valence-corrected chi connectivity index (χ0v) is 35.9. The molecular formula is C51H78O. The van der Waals surface area contributed by atoms with E-state index in [0.717, 1.165) is 31.6 Å². The van der Waals surface area contributed by atoms with E-state index in [1.54, 1.807) is 0 Å². The molecule has 1 nitrogen and oxygen atoms in total. The number of hydrogen-bond acceptors (Lipinski definition) is 1. The second kappa shape index (κ2) is 25.0. The van der Waals surface area contributed by atoms with Crippen molar-refractivity contribution < 1.29 is 5.11 Å². The van der Waals surface area contributed by atoms with Crippen molar-refractivity contribution in [3.05, 3.63) is 119 Å². The minimum Gasteiger partial charge on any atom is -0.390 e. The monoisotopic (exact) mass is 707 g/mol. The summed E-state index contributed by atoms with van der Waals surface area (Å²) in [4.78, 5) is 0. The number of aliphatic hydroxyl groups is 1. The van der Waals surface area contributed by atoms with Crippen molar-refractivity contribution in [2.45, 2.75) is 160 Å². The molecule has 2 atom stereocenters. The summed E-state index contributed by atoms with van der Waals surface area (Å²) >= 11 is 0. The number of benzene rings is 4. The zero-order valence-electron chi connectivity index (χ0n) is 35.9. The molecule has 288 valence electrons. The molecule has 0 heterocycles. The normalized spacial score (nSPS) is 12.7. The maximum atomic E-state index is 9.70. The molecule has 1 N–H and O–H groups in total. The average molecular weight is 707 g/mol. The largest absolute Gasteiger partial charge is 0.390 e. The van der Waals surface area contributed by atoms with Gasteiger partial charge in [0.1, 0.15) is 0 Å². The van der Waals surface area contributed by atoms with Crippen LogP contribution in [0.25, 0.3) is 22.3 Å². The Morgan fingerprint density at radius 2 is 0.731 bits per heavy atom. The third-order valence-corrected chi connectivity index (χ3v) is 10.4. The van der Waals surface area contributed by atoms with Gasteiger partial charge in [0.2, 0.25) is 0 Å². The van der Waals surface area contributed by atoms with E-state index in [-0.39, 0.29) is 0 Å². The van der Waals surface area contributed by atoms with E-state index >= 15 is 0 Å². The highest BCUT2D eigenvalue weighted by Crippen LogP contribution is 2.37. The first-order valence-corrected chi connectivity index (χ1v) is 21.0. The first-order valence-electron chi connectivity index (χ1n) is 21.0. The van der Waals surface area contributed by atoms with E-state index < -0.39 is 5.60 Å². The Bertz CT molecular complexity index is 1300. The molecule has 2 aliphatic carbocycles. The van der Waals surface area contributed by atoms with Gasteiger partial charge in [-0.05, 0) is 101 Å². The van der Waals surface area contributed by atoms with Gasteiger partial charge in [-0.3, -0.25) is 0 Å². The Balaban J connectivity index is 0.000000337. The summed E-state index contributed by atoms with van der Waals surface area (Å²) in [5.74, 6) is 1.39. The van der Waals surface area contributed by atoms with E-state index in [1.807, 2.05) is 41.5 Å². The van der Waals surface area contributed by atoms with Gasteiger partial charge in [0.15, 0.2) is 0 Å². The molecule has 0 amide bonds. The second-order valence-corrected chi connectivity index (χ2v) is 15.5. The lowest BCUT2D eigenvalue weighted by molar-refractivity contribution is 0.0106. The van der Waals surface area contributed by atoms with Crippen LogP contribution in [0, 0.1) is 17.3 Å². The number of unbranched alkanes of at least 4 members (excludes halogenated alkanes) is 2. The minimum atomic E-state index is -0.482. The second-order valence-electron chi connectivity index (χ2n) is 15.5. The van der Waals surface area contributed by atoms with Gasteiger partial charge in [0.25, 0.3) is 0 Å². The Morgan fingerprint density at radius 1 is 0.462 bits per heavy atom. The fraction of sp³-hybridized carbons (Fsp3) is 0.529. The summed E-state index contributed by atoms with van der Waals surface area (Å²) in [5.41, 5.74) is 11.5. The Hall–Kier alpha value is -3.16. The van der Waals surface area contributed by atoms with E-state index in [9.17, 15) is 5.11 Å². The first-order chi connectivity index (χ1) is 24.9. The molecule has 4 aromatic carbocycles. The molecule has 1 heteroatoms. The van der Waals surface area contributed by atoms with Crippen LogP contribution in [0.1, 0.15) is 164 Å². The van der Waals surface area contributed by atoms with E-state index in [2.05, 4.69) is 146 Å². The van der Waals surface area contributed by atoms with E-state index in [4.69, 9.17) is 0 Å². The summed E-state index contributed by atoms with van der Waals surface area (Å²) in [6, 6.07) is 34.6. The van der Waals surface area contributed by atoms with Crippen LogP contribution >= 0.6 is 0 Å². The van der Waals surface area contributed by atoms with Gasteiger partial charge in [-0.2, -0.15) is 0 Å². The average Bonchev–Trinajstić information content (AvgIpc) is 3.72. The molecule has 0 saturated heterocycles. The highest BCUT2D eigenvalue weighted by atomic mass is 16.3. The Labute approximate surface area is 322 Å². The number of fused-ring (bicyclic) bond motifs is 6. The quantitative estimate of drug-likeness (QED) is 0.159. The maximum absolute atomic E-state index is 9.70. The predicted octanol–water partition coefficient (Wildman–Crippen LogP) is 15.8. The van der Waals surface area contributed by atoms with Crippen LogP contribution in [0.15, 0.2) is 97.1 Å². The fourth-order valence-electron chi connectivity index (χ4n) is 7.37. The van der Waals surface area contributed by atoms with Crippen molar-refractivity contribution in [2.75, 3.05) is 0 Å². The van der Waals surface area contributed by atoms with Crippen LogP contribution in [0.4, 0.5) is 0 Å². The van der Waals surface area contributed by atoms with Crippen LogP contribution in [0.3, 0.4) is 0 Å². The van der Waals surface area contributed by atoms with Crippen LogP contribution in [-0.4, -0.2) is 10.7 Å². The summed E-state index contributed by atoms with van der Waals surface area (Å²) in [6.45, 7) is 27.8. The molecule has 6 rings (SSSR count). The fourth-order valence-corrected chi connectivity index (χ4v) is 7.37. The topological polar surface area (TPSA) is 20.2 Å². The Kier molecular flexibility index (Phi) is 22.5. The summed E-state index contributed by atoms with van der Waals surface area (Å²) in [5, 5.41) is 9.70. The van der Waals surface area contributed by atoms with Crippen LogP contribution < -0.4 is 0 Å². The molecule has 52 heavy (non-hydrogen) atoms. The maximum Gasteiger partial charge on any atom is 0.0619 e. The van der Waals surface area contributed by atoms with E-state index in [0.29, 0.717) is 11.3 Å². The molecule has 0 saturated carbocycles. The third kappa shape index (κ3) is 15.1. The van der Waals surface area contributed by atoms with Crippen molar-refractivity contribution in [1.82, 2.24) is 0 Å². The predicted molar refractivity (Wildman–Crippen MR) is 234 cm³/mol. The SMILES string of the molecule is CC.CC.CCCCC(CC)C(C)(C)C.CCCCC(CC)C(C)(C)O.c1ccc2c(c1)Cc1ccccc1-2.c1ccc2c(c1)Cc1ccccc1-2. The molecule has 0 aromatic heterocycles. The molecule has 4 aromatic rings. The summed E-state index contributed by atoms with van der Waals surface area (Å²) in [6.07, 6.45) is 12.4. The lowest BCUT2D eigenvalue weighted by Crippen LogP contribution is -2.30. The molecule has 0 spiro atoms. The van der Waals surface area contributed by atoms with Gasteiger partial charge in [-0.25, -0.2) is 0 Å². The van der Waals surface area contributed by atoms with Crippen molar-refractivity contribution in [1.29, 1.82) is 0 Å². The third-order valence-electron chi connectivity index (χ3n) is 10.4. The van der Waals surface area contributed by atoms with Gasteiger partial charge in [-0.15, -0.1) is 0 Å². The molecular weight excluding hydrogens is 629 g/mol. The highest BCUT2D eigenvalue weighted by molar-refractivity contribution is 5.77. The molecule has 2 unspecified atom stereocenters. The van der Waals surface area contributed by atoms with Crippen molar-refractivity contribution in [2.24, 2.45) is 17.3 Å². The number of rotatable bonds is 9. The van der Waals surface area contributed by atoms with Crippen molar-refractivity contribution in [3.63, 3.8) is 0 Å². The standard InChI is InChI=1S/2C13H10.C11H24.C10H22O.2C2H6/c2*1-3-7-12-10(5-1)9-11-6-2-4-8-13(11)12;1-6-8-9-10(7-2)11(3,4)5;1-5-7-8-9(6-2)10(3,4)11;2*1-2/h2*1-8H,9H2;10H,6-9H2,1-5H3;9,11H,5-8H2,1-4H3;2*1-2H3. The summed E-state index contributed by atoms with van der Waals surface area (Å²) < 4.78 is 0. The van der Waals surface area contributed by atoms with Gasteiger partial charge < -0.3 is 5.11 Å². The molecule has 0 fully saturated rings. The van der Waals surface area contributed by atoms with Crippen molar-refractivity contribution in [3.8, 4) is 22.3 Å². The van der Waals surface area contributed by atoms with Crippen LogP contribution in [0.2, 0.25) is 0 Å². The van der Waals surface area contributed by atoms with Gasteiger partial charge >= 0.3 is 0 Å². The Morgan fingerprint density at radius 3 is 0.962 bits per heavy atom. The lowest BCUT2D eigenvalue weighted by Gasteiger charge is -2.29. The molecule has 2 aliphatic rings. The summed E-state index contributed by atoms with van der Waals surface area (Å²) in [7, 11) is 0. The van der Waals surface area contributed by atoms with Gasteiger partial charge in [0.05, 0.1) is 5.60 Å². The number of hydrogen-bond donors (Lipinski definition) is 1. The molecule has 0 radical (unpaired) electrons. The van der Waals surface area contributed by atoms with Gasteiger partial charge in [-0.1, -0.05) is 212 Å². The van der Waals surface area contributed by atoms with Gasteiger partial charge in [0, 0.05) is 0 Å². The van der Waals surface area contributed by atoms with Crippen molar-refractivity contribution >= 4 is 0 Å². The first kappa shape index (κ1) is 46.9. The molecule has 0 aliphatic heterocycles. The smallest absolute Gasteiger partial charge is 0.0619 e. The van der Waals surface area contributed by atoms with Crippen LogP contribution in [-0.2, 0) is 12.8 Å². The zero-order chi connectivity index (χ0) is 39.2. The minimum absolute atomic E-state index is 0.474. The molecule has 0 bridgehead atoms. The highest BCUT2D eigenvalue weighted by Gasteiger charge is 2.24. The lowest BCUT2D eigenvalue weighted by atomic mass is 9.76. The van der Waals surface area contributed by atoms with Crippen LogP contribution in [0.5, 0.6) is 0 Å². The van der Waals surface area contributed by atoms with E-state index in [1.165, 1.54) is 83.0 Å².